The highest BCUT2D eigenvalue weighted by molar-refractivity contribution is 5.76. The number of methoxy groups -OCH3 is 1. The Balaban J connectivity index is 2.26. The molecule has 0 aromatic heterocycles. The van der Waals surface area contributed by atoms with Crippen LogP contribution in [-0.4, -0.2) is 41.3 Å². The molecule has 6 nitrogen and oxygen atoms in total. The van der Waals surface area contributed by atoms with E-state index >= 15 is 0 Å². The highest BCUT2D eigenvalue weighted by Crippen LogP contribution is 2.42. The van der Waals surface area contributed by atoms with Crippen molar-refractivity contribution in [3.63, 3.8) is 0 Å². The zero-order chi connectivity index (χ0) is 22.0. The summed E-state index contributed by atoms with van der Waals surface area (Å²) < 4.78 is 10.8. The number of hydrogen-bond acceptors (Lipinski definition) is 6. The van der Waals surface area contributed by atoms with Gasteiger partial charge in [-0.3, -0.25) is 9.63 Å². The Morgan fingerprint density at radius 1 is 1.03 bits per heavy atom. The van der Waals surface area contributed by atoms with Crippen molar-refractivity contribution in [3.05, 3.63) is 35.9 Å². The fraction of sp³-hybridized carbons (Fsp3) is 0.652. The molecule has 0 aliphatic carbocycles. The lowest BCUT2D eigenvalue weighted by molar-refractivity contribution is -0.314. The zero-order valence-electron chi connectivity index (χ0n) is 18.9. The number of ether oxygens (including phenoxy) is 2. The second kappa shape index (κ2) is 8.44. The molecular formula is C23H35NO5. The maximum atomic E-state index is 12.5. The van der Waals surface area contributed by atoms with Gasteiger partial charge in [0.15, 0.2) is 0 Å². The fourth-order valence-electron chi connectivity index (χ4n) is 3.95. The lowest BCUT2D eigenvalue weighted by Gasteiger charge is -2.54. The van der Waals surface area contributed by atoms with Gasteiger partial charge in [-0.1, -0.05) is 30.3 Å². The van der Waals surface area contributed by atoms with Crippen LogP contribution in [0.1, 0.15) is 73.0 Å². The van der Waals surface area contributed by atoms with Crippen LogP contribution >= 0.6 is 0 Å². The summed E-state index contributed by atoms with van der Waals surface area (Å²) in [6.07, 6.45) is 0.107. The van der Waals surface area contributed by atoms with Crippen molar-refractivity contribution < 1.29 is 23.9 Å². The number of carbonyl (C=O) groups excluding carboxylic acids is 2. The van der Waals surface area contributed by atoms with E-state index in [4.69, 9.17) is 14.3 Å². The molecule has 0 spiro atoms. The van der Waals surface area contributed by atoms with Crippen LogP contribution in [0, 0.1) is 5.41 Å². The SMILES string of the molecule is COC(=O)C(ON1C(C)(C)CC(OC(=O)C(C)(C)C)CC1(C)C)c1ccccc1. The molecule has 6 heteroatoms. The van der Waals surface area contributed by atoms with Gasteiger partial charge in [-0.2, -0.15) is 5.06 Å². The van der Waals surface area contributed by atoms with Crippen molar-refractivity contribution in [1.29, 1.82) is 0 Å². The molecule has 2 rings (SSSR count). The summed E-state index contributed by atoms with van der Waals surface area (Å²) >= 11 is 0. The Hall–Kier alpha value is -1.92. The minimum atomic E-state index is -0.867. The molecule has 1 aromatic carbocycles. The third-order valence-corrected chi connectivity index (χ3v) is 5.17. The smallest absolute Gasteiger partial charge is 0.341 e. The first-order chi connectivity index (χ1) is 13.3. The van der Waals surface area contributed by atoms with Gasteiger partial charge in [0.05, 0.1) is 12.5 Å². The molecule has 29 heavy (non-hydrogen) atoms. The van der Waals surface area contributed by atoms with Gasteiger partial charge < -0.3 is 9.47 Å². The summed E-state index contributed by atoms with van der Waals surface area (Å²) in [6, 6.07) is 9.31. The first-order valence-electron chi connectivity index (χ1n) is 10.1. The van der Waals surface area contributed by atoms with Crippen LogP contribution in [0.2, 0.25) is 0 Å². The maximum absolute atomic E-state index is 12.5. The van der Waals surface area contributed by atoms with Crippen molar-refractivity contribution in [2.24, 2.45) is 5.41 Å². The molecule has 1 heterocycles. The molecule has 0 saturated carbocycles. The first kappa shape index (κ1) is 23.4. The number of rotatable bonds is 5. The van der Waals surface area contributed by atoms with E-state index in [0.29, 0.717) is 12.8 Å². The zero-order valence-corrected chi connectivity index (χ0v) is 18.9. The Bertz CT molecular complexity index is 703. The second-order valence-electron chi connectivity index (χ2n) is 10.0. The van der Waals surface area contributed by atoms with Crippen molar-refractivity contribution in [2.75, 3.05) is 7.11 Å². The van der Waals surface area contributed by atoms with E-state index in [1.165, 1.54) is 7.11 Å². The normalized spacial score (nSPS) is 20.7. The van der Waals surface area contributed by atoms with Gasteiger partial charge in [0.1, 0.15) is 6.10 Å². The monoisotopic (exact) mass is 405 g/mol. The van der Waals surface area contributed by atoms with E-state index in [1.54, 1.807) is 0 Å². The van der Waals surface area contributed by atoms with Crippen molar-refractivity contribution in [2.45, 2.75) is 84.6 Å². The van der Waals surface area contributed by atoms with Crippen molar-refractivity contribution in [1.82, 2.24) is 5.06 Å². The molecule has 1 saturated heterocycles. The average Bonchev–Trinajstić information content (AvgIpc) is 2.59. The van der Waals surface area contributed by atoms with Crippen LogP contribution in [0.15, 0.2) is 30.3 Å². The molecule has 1 unspecified atom stereocenters. The van der Waals surface area contributed by atoms with Gasteiger partial charge in [0, 0.05) is 23.9 Å². The van der Waals surface area contributed by atoms with Crippen LogP contribution in [-0.2, 0) is 23.9 Å². The highest BCUT2D eigenvalue weighted by Gasteiger charge is 2.50. The quantitative estimate of drug-likeness (QED) is 0.675. The van der Waals surface area contributed by atoms with Gasteiger partial charge in [-0.25, -0.2) is 4.79 Å². The average molecular weight is 406 g/mol. The minimum absolute atomic E-state index is 0.208. The summed E-state index contributed by atoms with van der Waals surface area (Å²) in [6.45, 7) is 13.7. The molecule has 1 fully saturated rings. The van der Waals surface area contributed by atoms with E-state index in [2.05, 4.69) is 0 Å². The van der Waals surface area contributed by atoms with Crippen LogP contribution in [0.4, 0.5) is 0 Å². The largest absolute Gasteiger partial charge is 0.467 e. The number of benzene rings is 1. The predicted octanol–water partition coefficient (Wildman–Crippen LogP) is 4.44. The lowest BCUT2D eigenvalue weighted by atomic mass is 9.80. The van der Waals surface area contributed by atoms with Gasteiger partial charge >= 0.3 is 11.9 Å². The maximum Gasteiger partial charge on any atom is 0.341 e. The topological polar surface area (TPSA) is 65.1 Å². The Kier molecular flexibility index (Phi) is 6.80. The number of esters is 2. The molecule has 1 aliphatic rings. The van der Waals surface area contributed by atoms with Gasteiger partial charge in [-0.15, -0.1) is 0 Å². The predicted molar refractivity (Wildman–Crippen MR) is 111 cm³/mol. The molecule has 0 radical (unpaired) electrons. The Morgan fingerprint density at radius 3 is 2.00 bits per heavy atom. The molecule has 1 aromatic rings. The lowest BCUT2D eigenvalue weighted by Crippen LogP contribution is -2.62. The summed E-state index contributed by atoms with van der Waals surface area (Å²) in [5.41, 5.74) is -0.755. The van der Waals surface area contributed by atoms with E-state index in [0.717, 1.165) is 5.56 Å². The van der Waals surface area contributed by atoms with Crippen molar-refractivity contribution >= 4 is 11.9 Å². The molecule has 1 aliphatic heterocycles. The Morgan fingerprint density at radius 2 is 1.55 bits per heavy atom. The first-order valence-corrected chi connectivity index (χ1v) is 10.1. The van der Waals surface area contributed by atoms with Crippen LogP contribution in [0.5, 0.6) is 0 Å². The molecule has 0 N–H and O–H groups in total. The second-order valence-corrected chi connectivity index (χ2v) is 10.0. The molecule has 162 valence electrons. The molecule has 1 atom stereocenters. The number of nitrogens with zero attached hydrogens (tertiary/aromatic N) is 1. The van der Waals surface area contributed by atoms with E-state index in [1.807, 2.05) is 83.9 Å². The van der Waals surface area contributed by atoms with Gasteiger partial charge in [0.25, 0.3) is 0 Å². The van der Waals surface area contributed by atoms with Gasteiger partial charge in [-0.05, 0) is 54.0 Å². The number of hydrogen-bond donors (Lipinski definition) is 0. The number of hydroxylamine groups is 2. The summed E-state index contributed by atoms with van der Waals surface area (Å²) in [5, 5.41) is 1.87. The minimum Gasteiger partial charge on any atom is -0.467 e. The Labute approximate surface area is 174 Å². The summed E-state index contributed by atoms with van der Waals surface area (Å²) in [4.78, 5) is 31.2. The van der Waals surface area contributed by atoms with E-state index in [-0.39, 0.29) is 12.1 Å². The fourth-order valence-corrected chi connectivity index (χ4v) is 3.95. The van der Waals surface area contributed by atoms with E-state index in [9.17, 15) is 9.59 Å². The third kappa shape index (κ3) is 5.58. The standard InChI is InChI=1S/C23H35NO5/c1-21(2,3)20(26)28-17-14-22(4,5)24(23(6,7)15-17)29-18(19(25)27-8)16-12-10-9-11-13-16/h9-13,17-18H,14-15H2,1-8H3. The van der Waals surface area contributed by atoms with Crippen LogP contribution in [0.25, 0.3) is 0 Å². The molecular weight excluding hydrogens is 370 g/mol. The number of carbonyl (C=O) groups is 2. The van der Waals surface area contributed by atoms with Crippen molar-refractivity contribution in [3.8, 4) is 0 Å². The van der Waals surface area contributed by atoms with Crippen LogP contribution < -0.4 is 0 Å². The number of piperidine rings is 1. The third-order valence-electron chi connectivity index (χ3n) is 5.17. The van der Waals surface area contributed by atoms with E-state index < -0.39 is 28.6 Å². The molecule has 0 amide bonds. The summed E-state index contributed by atoms with van der Waals surface area (Å²) in [5.74, 6) is -0.663. The van der Waals surface area contributed by atoms with Crippen LogP contribution in [0.3, 0.4) is 0 Å². The van der Waals surface area contributed by atoms with Gasteiger partial charge in [0.2, 0.25) is 6.10 Å². The molecule has 0 bridgehead atoms. The summed E-state index contributed by atoms with van der Waals surface area (Å²) in [7, 11) is 1.36. The highest BCUT2D eigenvalue weighted by atomic mass is 16.7.